The van der Waals surface area contributed by atoms with Crippen molar-refractivity contribution in [3.05, 3.63) is 0 Å². The molecule has 1 unspecified atom stereocenters. The van der Waals surface area contributed by atoms with Gasteiger partial charge in [0.25, 0.3) is 0 Å². The third kappa shape index (κ3) is 4.34. The molecule has 98 valence electrons. The highest BCUT2D eigenvalue weighted by Crippen LogP contribution is 2.13. The van der Waals surface area contributed by atoms with Gasteiger partial charge in [-0.15, -0.1) is 0 Å². The molecule has 5 heteroatoms. The predicted octanol–water partition coefficient (Wildman–Crippen LogP) is 0.132. The summed E-state index contributed by atoms with van der Waals surface area (Å²) in [6.45, 7) is 6.47. The molecular weight excluding hydrogens is 220 g/mol. The number of β-amino-alcohol motifs (C(OH)–C–C–N with tert-alkyl or cyclic N) is 1. The molecule has 1 fully saturated rings. The molecule has 2 N–H and O–H groups in total. The van der Waals surface area contributed by atoms with Gasteiger partial charge in [-0.05, 0) is 12.8 Å². The Labute approximate surface area is 102 Å². The lowest BCUT2D eigenvalue weighted by atomic mass is 9.96. The SMILES string of the molecule is CC(C)(C)C(=O)NCC(=O)N1CCCC(O)C1. The zero-order valence-corrected chi connectivity index (χ0v) is 10.8. The van der Waals surface area contributed by atoms with Gasteiger partial charge >= 0.3 is 0 Å². The fourth-order valence-electron chi connectivity index (χ4n) is 1.71. The Hall–Kier alpha value is -1.10. The van der Waals surface area contributed by atoms with Crippen LogP contribution in [0.25, 0.3) is 0 Å². The number of nitrogens with one attached hydrogen (secondary N) is 1. The summed E-state index contributed by atoms with van der Waals surface area (Å²) < 4.78 is 0. The van der Waals surface area contributed by atoms with E-state index in [2.05, 4.69) is 5.32 Å². The van der Waals surface area contributed by atoms with E-state index in [1.165, 1.54) is 0 Å². The van der Waals surface area contributed by atoms with Crippen LogP contribution >= 0.6 is 0 Å². The zero-order chi connectivity index (χ0) is 13.1. The standard InChI is InChI=1S/C12H22N2O3/c1-12(2,3)11(17)13-7-10(16)14-6-4-5-9(15)8-14/h9,15H,4-8H2,1-3H3,(H,13,17). The van der Waals surface area contributed by atoms with E-state index in [1.54, 1.807) is 25.7 Å². The first-order chi connectivity index (χ1) is 7.80. The molecule has 0 aliphatic carbocycles. The first kappa shape index (κ1) is 14.0. The van der Waals surface area contributed by atoms with Gasteiger partial charge in [-0.2, -0.15) is 0 Å². The van der Waals surface area contributed by atoms with E-state index in [1.807, 2.05) is 0 Å². The zero-order valence-electron chi connectivity index (χ0n) is 10.8. The van der Waals surface area contributed by atoms with Crippen LogP contribution in [0.3, 0.4) is 0 Å². The molecule has 17 heavy (non-hydrogen) atoms. The van der Waals surface area contributed by atoms with Gasteiger partial charge in [0, 0.05) is 18.5 Å². The normalized spacial score (nSPS) is 21.2. The average molecular weight is 242 g/mol. The Kier molecular flexibility index (Phi) is 4.51. The predicted molar refractivity (Wildman–Crippen MR) is 64.3 cm³/mol. The smallest absolute Gasteiger partial charge is 0.242 e. The van der Waals surface area contributed by atoms with Crippen molar-refractivity contribution >= 4 is 11.8 Å². The molecule has 1 aliphatic rings. The molecule has 2 amide bonds. The molecule has 5 nitrogen and oxygen atoms in total. The van der Waals surface area contributed by atoms with Crippen LogP contribution < -0.4 is 5.32 Å². The van der Waals surface area contributed by atoms with Crippen LogP contribution in [0, 0.1) is 5.41 Å². The quantitative estimate of drug-likeness (QED) is 0.723. The monoisotopic (exact) mass is 242 g/mol. The maximum atomic E-state index is 11.8. The summed E-state index contributed by atoms with van der Waals surface area (Å²) >= 11 is 0. The molecule has 0 radical (unpaired) electrons. The van der Waals surface area contributed by atoms with Gasteiger partial charge in [-0.3, -0.25) is 9.59 Å². The van der Waals surface area contributed by atoms with Crippen LogP contribution in [0.5, 0.6) is 0 Å². The second-order valence-corrected chi connectivity index (χ2v) is 5.57. The average Bonchev–Trinajstić information content (AvgIpc) is 2.24. The van der Waals surface area contributed by atoms with Gasteiger partial charge in [0.2, 0.25) is 11.8 Å². The van der Waals surface area contributed by atoms with Crippen molar-refractivity contribution in [1.29, 1.82) is 0 Å². The summed E-state index contributed by atoms with van der Waals surface area (Å²) in [4.78, 5) is 25.0. The van der Waals surface area contributed by atoms with Crippen LogP contribution in [0.2, 0.25) is 0 Å². The minimum atomic E-state index is -0.484. The summed E-state index contributed by atoms with van der Waals surface area (Å²) in [6, 6.07) is 0. The third-order valence-electron chi connectivity index (χ3n) is 2.83. The van der Waals surface area contributed by atoms with Crippen molar-refractivity contribution < 1.29 is 14.7 Å². The van der Waals surface area contributed by atoms with Crippen molar-refractivity contribution in [2.75, 3.05) is 19.6 Å². The first-order valence-corrected chi connectivity index (χ1v) is 6.05. The molecule has 0 spiro atoms. The largest absolute Gasteiger partial charge is 0.391 e. The molecule has 1 rings (SSSR count). The summed E-state index contributed by atoms with van der Waals surface area (Å²) in [5, 5.41) is 12.1. The van der Waals surface area contributed by atoms with Gasteiger partial charge in [0.15, 0.2) is 0 Å². The summed E-state index contributed by atoms with van der Waals surface area (Å²) in [7, 11) is 0. The Morgan fingerprint density at radius 1 is 1.41 bits per heavy atom. The van der Waals surface area contributed by atoms with Crippen molar-refractivity contribution in [1.82, 2.24) is 10.2 Å². The number of rotatable bonds is 2. The van der Waals surface area contributed by atoms with E-state index in [0.717, 1.165) is 12.8 Å². The number of carbonyl (C=O) groups excluding carboxylic acids is 2. The van der Waals surface area contributed by atoms with E-state index in [0.29, 0.717) is 13.1 Å². The molecule has 1 heterocycles. The molecule has 0 aromatic carbocycles. The van der Waals surface area contributed by atoms with Crippen molar-refractivity contribution in [3.63, 3.8) is 0 Å². The van der Waals surface area contributed by atoms with Crippen molar-refractivity contribution in [2.45, 2.75) is 39.7 Å². The van der Waals surface area contributed by atoms with Gasteiger partial charge in [-0.25, -0.2) is 0 Å². The lowest BCUT2D eigenvalue weighted by Gasteiger charge is -2.30. The van der Waals surface area contributed by atoms with E-state index < -0.39 is 11.5 Å². The lowest BCUT2D eigenvalue weighted by Crippen LogP contribution is -2.47. The Bertz CT molecular complexity index is 297. The first-order valence-electron chi connectivity index (χ1n) is 6.05. The Morgan fingerprint density at radius 2 is 2.06 bits per heavy atom. The maximum Gasteiger partial charge on any atom is 0.242 e. The van der Waals surface area contributed by atoms with E-state index in [-0.39, 0.29) is 18.4 Å². The number of piperidine rings is 1. The summed E-state index contributed by atoms with van der Waals surface area (Å²) in [5.74, 6) is -0.259. The second kappa shape index (κ2) is 5.49. The molecular formula is C12H22N2O3. The third-order valence-corrected chi connectivity index (χ3v) is 2.83. The number of hydrogen-bond acceptors (Lipinski definition) is 3. The molecule has 1 aliphatic heterocycles. The van der Waals surface area contributed by atoms with Gasteiger partial charge in [0.05, 0.1) is 12.6 Å². The fourth-order valence-corrected chi connectivity index (χ4v) is 1.71. The summed E-state index contributed by atoms with van der Waals surface area (Å²) in [5.41, 5.74) is -0.484. The highest BCUT2D eigenvalue weighted by atomic mass is 16.3. The van der Waals surface area contributed by atoms with Crippen LogP contribution in [0.1, 0.15) is 33.6 Å². The molecule has 1 saturated heterocycles. The highest BCUT2D eigenvalue weighted by molar-refractivity contribution is 5.87. The lowest BCUT2D eigenvalue weighted by molar-refractivity contribution is -0.137. The van der Waals surface area contributed by atoms with E-state index in [9.17, 15) is 14.7 Å². The summed E-state index contributed by atoms with van der Waals surface area (Å²) in [6.07, 6.45) is 1.14. The van der Waals surface area contributed by atoms with Crippen LogP contribution in [-0.2, 0) is 9.59 Å². The number of likely N-dealkylation sites (tertiary alicyclic amines) is 1. The topological polar surface area (TPSA) is 69.6 Å². The van der Waals surface area contributed by atoms with E-state index in [4.69, 9.17) is 0 Å². The number of aliphatic hydroxyl groups excluding tert-OH is 1. The van der Waals surface area contributed by atoms with Gasteiger partial charge in [-0.1, -0.05) is 20.8 Å². The second-order valence-electron chi connectivity index (χ2n) is 5.57. The Balaban J connectivity index is 2.37. The van der Waals surface area contributed by atoms with Gasteiger partial charge < -0.3 is 15.3 Å². The minimum absolute atomic E-state index is 0.0167. The van der Waals surface area contributed by atoms with E-state index >= 15 is 0 Å². The number of aliphatic hydroxyl groups is 1. The maximum absolute atomic E-state index is 11.8. The number of hydrogen-bond donors (Lipinski definition) is 2. The number of nitrogens with zero attached hydrogens (tertiary/aromatic N) is 1. The van der Waals surface area contributed by atoms with Crippen molar-refractivity contribution in [2.24, 2.45) is 5.41 Å². The highest BCUT2D eigenvalue weighted by Gasteiger charge is 2.25. The van der Waals surface area contributed by atoms with Crippen LogP contribution in [-0.4, -0.2) is 47.6 Å². The van der Waals surface area contributed by atoms with Crippen LogP contribution in [0.15, 0.2) is 0 Å². The Morgan fingerprint density at radius 3 is 2.59 bits per heavy atom. The number of amides is 2. The molecule has 0 aromatic heterocycles. The molecule has 0 bridgehead atoms. The number of carbonyl (C=O) groups is 2. The van der Waals surface area contributed by atoms with Gasteiger partial charge in [0.1, 0.15) is 0 Å². The molecule has 0 aromatic rings. The van der Waals surface area contributed by atoms with Crippen molar-refractivity contribution in [3.8, 4) is 0 Å². The molecule has 1 atom stereocenters. The minimum Gasteiger partial charge on any atom is -0.391 e. The fraction of sp³-hybridized carbons (Fsp3) is 0.833. The van der Waals surface area contributed by atoms with Crippen LogP contribution in [0.4, 0.5) is 0 Å². The molecule has 0 saturated carbocycles.